The zero-order chi connectivity index (χ0) is 13.9. The van der Waals surface area contributed by atoms with E-state index >= 15 is 0 Å². The van der Waals surface area contributed by atoms with Crippen LogP contribution in [0.3, 0.4) is 0 Å². The molecule has 0 spiro atoms. The van der Waals surface area contributed by atoms with Crippen LogP contribution in [0.2, 0.25) is 0 Å². The van der Waals surface area contributed by atoms with Gasteiger partial charge >= 0.3 is 5.97 Å². The average Bonchev–Trinajstić information content (AvgIpc) is 2.11. The highest BCUT2D eigenvalue weighted by Gasteiger charge is 2.40. The van der Waals surface area contributed by atoms with E-state index < -0.39 is 45.0 Å². The second-order valence-electron chi connectivity index (χ2n) is 3.62. The summed E-state index contributed by atoms with van der Waals surface area (Å²) >= 11 is 0. The Labute approximate surface area is 97.2 Å². The third-order valence-corrected chi connectivity index (χ3v) is 2.59. The van der Waals surface area contributed by atoms with E-state index in [-0.39, 0.29) is 0 Å². The van der Waals surface area contributed by atoms with Crippen LogP contribution in [0.4, 0.5) is 0 Å². The fourth-order valence-corrected chi connectivity index (χ4v) is 1.26. The van der Waals surface area contributed by atoms with Gasteiger partial charge in [-0.05, 0) is 6.92 Å². The van der Waals surface area contributed by atoms with Crippen LogP contribution < -0.4 is 9.79 Å². The van der Waals surface area contributed by atoms with Crippen molar-refractivity contribution in [1.29, 1.82) is 0 Å². The van der Waals surface area contributed by atoms with E-state index in [1.165, 1.54) is 0 Å². The number of hydrogen-bond acceptors (Lipinski definition) is 8. The Balaban J connectivity index is 4.42. The maximum Gasteiger partial charge on any atom is 0.306 e. The monoisotopic (exact) mass is 273 g/mol. The second kappa shape index (κ2) is 5.98. The molecule has 3 unspecified atom stereocenters. The highest BCUT2D eigenvalue weighted by atomic mass is 31.2. The molecule has 0 aromatic heterocycles. The lowest BCUT2D eigenvalue weighted by Crippen LogP contribution is -2.52. The first-order valence-corrected chi connectivity index (χ1v) is 5.95. The van der Waals surface area contributed by atoms with Crippen LogP contribution in [0.1, 0.15) is 13.3 Å². The standard InChI is InChI=1S/C7H15O9P/c1-7(12,4(8)2-6(10)11)5(9)3-16-17(13,14)15/h4-5,8-9,12H,2-3H2,1H3,(H,10,11)(H2,13,14,15)/p-1. The van der Waals surface area contributed by atoms with Crippen molar-refractivity contribution in [3.8, 4) is 0 Å². The highest BCUT2D eigenvalue weighted by molar-refractivity contribution is 7.50. The first-order chi connectivity index (χ1) is 7.47. The lowest BCUT2D eigenvalue weighted by Gasteiger charge is -2.34. The largest absolute Gasteiger partial charge is 0.635 e. The van der Waals surface area contributed by atoms with Crippen molar-refractivity contribution in [2.75, 3.05) is 6.61 Å². The van der Waals surface area contributed by atoms with Crippen molar-refractivity contribution >= 4 is 14.1 Å². The Morgan fingerprint density at radius 2 is 1.88 bits per heavy atom. The molecule has 3 atom stereocenters. The minimum atomic E-state index is -5.07. The van der Waals surface area contributed by atoms with Gasteiger partial charge in [0.1, 0.15) is 18.3 Å². The molecule has 102 valence electrons. The molecule has 9 nitrogen and oxygen atoms in total. The summed E-state index contributed by atoms with van der Waals surface area (Å²) in [6, 6.07) is 0. The molecule has 0 aliphatic carbocycles. The summed E-state index contributed by atoms with van der Waals surface area (Å²) in [4.78, 5) is 39.0. The molecule has 0 amide bonds. The number of hydrogen-bond donors (Lipinski definition) is 5. The minimum absolute atomic E-state index is 0.849. The summed E-state index contributed by atoms with van der Waals surface area (Å²) < 4.78 is 3.82. The SMILES string of the molecule is CC(O)(C(O)CO[P+]([O-])([O-])O)C(O)CC(=O)O. The molecular formula is C7H14O9P-. The van der Waals surface area contributed by atoms with E-state index in [0.717, 1.165) is 6.92 Å². The van der Waals surface area contributed by atoms with Gasteiger partial charge < -0.3 is 30.2 Å². The van der Waals surface area contributed by atoms with Gasteiger partial charge in [-0.3, -0.25) is 4.79 Å². The Hall–Kier alpha value is -0.380. The Morgan fingerprint density at radius 3 is 2.24 bits per heavy atom. The summed E-state index contributed by atoms with van der Waals surface area (Å²) in [5.41, 5.74) is -2.30. The van der Waals surface area contributed by atoms with E-state index in [9.17, 15) is 29.9 Å². The van der Waals surface area contributed by atoms with Gasteiger partial charge in [-0.1, -0.05) is 0 Å². The molecule has 10 heteroatoms. The van der Waals surface area contributed by atoms with Crippen LogP contribution in [-0.2, 0) is 9.32 Å². The summed E-state index contributed by atoms with van der Waals surface area (Å²) in [6.45, 7) is -0.108. The topological polar surface area (TPSA) is 174 Å². The molecule has 0 bridgehead atoms. The lowest BCUT2D eigenvalue weighted by atomic mass is 9.91. The predicted molar refractivity (Wildman–Crippen MR) is 50.0 cm³/mol. The van der Waals surface area contributed by atoms with Gasteiger partial charge in [-0.25, -0.2) is 9.42 Å². The van der Waals surface area contributed by atoms with Crippen LogP contribution >= 0.6 is 8.17 Å². The summed E-state index contributed by atoms with van der Waals surface area (Å²) in [6.07, 6.45) is -4.58. The molecule has 0 fully saturated rings. The van der Waals surface area contributed by atoms with E-state index in [2.05, 4.69) is 4.52 Å². The molecule has 0 rings (SSSR count). The zero-order valence-electron chi connectivity index (χ0n) is 8.89. The van der Waals surface area contributed by atoms with Gasteiger partial charge in [0.25, 0.3) is 0 Å². The fraction of sp³-hybridized carbons (Fsp3) is 0.857. The quantitative estimate of drug-likeness (QED) is 0.293. The molecule has 0 aromatic rings. The molecule has 0 saturated heterocycles. The van der Waals surface area contributed by atoms with Crippen molar-refractivity contribution < 1.29 is 44.4 Å². The van der Waals surface area contributed by atoms with Crippen LogP contribution in [0, 0.1) is 0 Å². The van der Waals surface area contributed by atoms with Crippen LogP contribution in [-0.4, -0.2) is 55.7 Å². The Bertz CT molecular complexity index is 261. The summed E-state index contributed by atoms with van der Waals surface area (Å²) in [5.74, 6) is -1.41. The second-order valence-corrected chi connectivity index (χ2v) is 4.81. The first-order valence-electron chi connectivity index (χ1n) is 4.45. The number of aliphatic carboxylic acids is 1. The molecule has 0 saturated carbocycles. The number of phosphoric ester groups is 1. The van der Waals surface area contributed by atoms with Gasteiger partial charge in [0.15, 0.2) is 8.17 Å². The van der Waals surface area contributed by atoms with Crippen LogP contribution in [0.15, 0.2) is 0 Å². The van der Waals surface area contributed by atoms with Crippen molar-refractivity contribution in [1.82, 2.24) is 0 Å². The van der Waals surface area contributed by atoms with Crippen LogP contribution in [0.25, 0.3) is 0 Å². The minimum Gasteiger partial charge on any atom is -0.635 e. The molecule has 0 radical (unpaired) electrons. The molecule has 0 aliphatic rings. The van der Waals surface area contributed by atoms with Gasteiger partial charge in [0.05, 0.1) is 12.5 Å². The zero-order valence-corrected chi connectivity index (χ0v) is 9.78. The third-order valence-electron chi connectivity index (χ3n) is 2.11. The van der Waals surface area contributed by atoms with E-state index in [4.69, 9.17) is 10.00 Å². The van der Waals surface area contributed by atoms with Crippen molar-refractivity contribution in [3.63, 3.8) is 0 Å². The average molecular weight is 273 g/mol. The maximum atomic E-state index is 10.3. The number of aliphatic hydroxyl groups excluding tert-OH is 2. The molecule has 0 heterocycles. The lowest BCUT2D eigenvalue weighted by molar-refractivity contribution is -0.363. The Kier molecular flexibility index (Phi) is 5.85. The molecule has 17 heavy (non-hydrogen) atoms. The number of rotatable bonds is 7. The summed E-state index contributed by atoms with van der Waals surface area (Å²) in [5, 5.41) is 36.6. The Morgan fingerprint density at radius 1 is 1.41 bits per heavy atom. The van der Waals surface area contributed by atoms with Crippen molar-refractivity contribution in [3.05, 3.63) is 0 Å². The first kappa shape index (κ1) is 16.6. The smallest absolute Gasteiger partial charge is 0.306 e. The van der Waals surface area contributed by atoms with Gasteiger partial charge in [-0.2, -0.15) is 0 Å². The van der Waals surface area contributed by atoms with Crippen molar-refractivity contribution in [2.45, 2.75) is 31.2 Å². The number of carboxylic acids is 1. The highest BCUT2D eigenvalue weighted by Crippen LogP contribution is 2.35. The maximum absolute atomic E-state index is 10.3. The number of carbonyl (C=O) groups is 1. The van der Waals surface area contributed by atoms with Gasteiger partial charge in [-0.15, -0.1) is 0 Å². The predicted octanol–water partition coefficient (Wildman–Crippen LogP) is -3.66. The molecule has 0 aliphatic heterocycles. The molecule has 5 N–H and O–H groups in total. The fourth-order valence-electron chi connectivity index (χ4n) is 0.928. The summed E-state index contributed by atoms with van der Waals surface area (Å²) in [7, 11) is -5.07. The number of aliphatic hydroxyl groups is 3. The molecular weight excluding hydrogens is 259 g/mol. The number of phosphoric acid groups is 1. The van der Waals surface area contributed by atoms with Gasteiger partial charge in [0, 0.05) is 0 Å². The normalized spacial score (nSPS) is 19.5. The van der Waals surface area contributed by atoms with E-state index in [1.54, 1.807) is 0 Å². The van der Waals surface area contributed by atoms with Crippen molar-refractivity contribution in [2.24, 2.45) is 0 Å². The van der Waals surface area contributed by atoms with E-state index in [0.29, 0.717) is 0 Å². The third kappa shape index (κ3) is 6.20. The molecule has 0 aromatic carbocycles. The van der Waals surface area contributed by atoms with Crippen LogP contribution in [0.5, 0.6) is 0 Å². The van der Waals surface area contributed by atoms with Gasteiger partial charge in [0.2, 0.25) is 0 Å². The number of carboxylic acid groups (broad SMARTS) is 1. The van der Waals surface area contributed by atoms with E-state index in [1.807, 2.05) is 0 Å².